The summed E-state index contributed by atoms with van der Waals surface area (Å²) in [5.41, 5.74) is 9.88. The molecule has 18 heteroatoms. The number of nitrogens with one attached hydrogen (secondary N) is 2. The monoisotopic (exact) mass is 1180 g/mol. The van der Waals surface area contributed by atoms with Crippen LogP contribution >= 0.6 is 92.2 Å². The number of ether oxygens (including phenoxy) is 3. The van der Waals surface area contributed by atoms with E-state index in [1.807, 2.05) is 84.9 Å². The Balaban J connectivity index is 0. The molecule has 0 radical (unpaired) electrons. The van der Waals surface area contributed by atoms with E-state index in [-0.39, 0.29) is 35.3 Å². The van der Waals surface area contributed by atoms with E-state index in [1.165, 1.54) is 3.57 Å². The Labute approximate surface area is 426 Å². The van der Waals surface area contributed by atoms with Crippen molar-refractivity contribution in [3.63, 3.8) is 0 Å². The Hall–Kier alpha value is -3.81. The van der Waals surface area contributed by atoms with E-state index in [2.05, 4.69) is 32.9 Å². The van der Waals surface area contributed by atoms with Crippen molar-refractivity contribution in [3.8, 4) is 17.2 Å². The van der Waals surface area contributed by atoms with Crippen LogP contribution in [0, 0.1) is 3.57 Å². The first kappa shape index (κ1) is 61.3. The summed E-state index contributed by atoms with van der Waals surface area (Å²) in [7, 11) is 4.80. The number of rotatable bonds is 5. The van der Waals surface area contributed by atoms with Crippen molar-refractivity contribution in [2.45, 2.75) is 28.7 Å². The molecular weight excluding hydrogens is 1140 g/mol. The molecule has 63 heavy (non-hydrogen) atoms. The number of carboxylic acids is 2. The van der Waals surface area contributed by atoms with Gasteiger partial charge in [0.15, 0.2) is 0 Å². The maximum atomic E-state index is 9.00. The number of H-pyrrole nitrogens is 1. The summed E-state index contributed by atoms with van der Waals surface area (Å²) in [6.45, 7) is 2.17. The zero-order valence-corrected chi connectivity index (χ0v) is 41.2. The number of hydrogen-bond acceptors (Lipinski definition) is 7. The number of nitrogen functional groups attached to an aromatic ring is 1. The van der Waals surface area contributed by atoms with Crippen LogP contribution in [-0.4, -0.2) is 48.5 Å². The molecule has 1 aromatic heterocycles. The van der Waals surface area contributed by atoms with Gasteiger partial charge in [0.2, 0.25) is 0 Å². The van der Waals surface area contributed by atoms with Gasteiger partial charge in [0.25, 0.3) is 11.9 Å². The zero-order valence-electron chi connectivity index (χ0n) is 32.9. The van der Waals surface area contributed by atoms with Gasteiger partial charge in [0.1, 0.15) is 17.2 Å². The first-order valence-corrected chi connectivity index (χ1v) is 20.4. The van der Waals surface area contributed by atoms with E-state index in [9.17, 15) is 0 Å². The Morgan fingerprint density at radius 3 is 1.44 bits per heavy atom. The van der Waals surface area contributed by atoms with Crippen LogP contribution in [0.2, 0.25) is 30.1 Å². The Morgan fingerprint density at radius 1 is 0.571 bits per heavy atom. The van der Waals surface area contributed by atoms with Crippen LogP contribution in [0.15, 0.2) is 115 Å². The third-order valence-electron chi connectivity index (χ3n) is 7.10. The van der Waals surface area contributed by atoms with E-state index >= 15 is 0 Å². The molecule has 7 aromatic rings. The molecule has 7 rings (SSSR count). The fourth-order valence-electron chi connectivity index (χ4n) is 4.64. The summed E-state index contributed by atoms with van der Waals surface area (Å²) in [4.78, 5) is 21.3. The number of fused-ring (bicyclic) bond motifs is 3. The predicted octanol–water partition coefficient (Wildman–Crippen LogP) is 15.7. The van der Waals surface area contributed by atoms with Crippen molar-refractivity contribution in [1.82, 2.24) is 4.98 Å². The first-order chi connectivity index (χ1) is 28.4. The Kier molecular flexibility index (Phi) is 31.1. The van der Waals surface area contributed by atoms with Crippen LogP contribution in [0.4, 0.5) is 17.1 Å². The van der Waals surface area contributed by atoms with Gasteiger partial charge in [0.05, 0.1) is 38.2 Å². The average molecular weight is 1190 g/mol. The van der Waals surface area contributed by atoms with Crippen molar-refractivity contribution >= 4 is 143 Å². The molecule has 0 aliphatic carbocycles. The topological polar surface area (TPSA) is 156 Å². The van der Waals surface area contributed by atoms with Gasteiger partial charge < -0.3 is 40.5 Å². The van der Waals surface area contributed by atoms with Crippen LogP contribution < -0.4 is 25.3 Å². The second-order valence-corrected chi connectivity index (χ2v) is 15.5. The smallest absolute Gasteiger partial charge is 0.300 e. The van der Waals surface area contributed by atoms with E-state index in [1.54, 1.807) is 51.7 Å². The SMILES string of the molecule is C.C.CC(=O)O.CC(=O)O.COc1cc(Cl)cc2c1[nH]c1ccc(Cl)cc12.COc1cc(Cl)ccc1N.COc1cc(Cl)ccc1Nc1ccc(Cl)cc1.Clc1ccc(I)cc1.[Pd]. The van der Waals surface area contributed by atoms with Gasteiger partial charge >= 0.3 is 0 Å². The van der Waals surface area contributed by atoms with Crippen LogP contribution in [0.5, 0.6) is 17.2 Å². The number of methoxy groups -OCH3 is 3. The van der Waals surface area contributed by atoms with Crippen LogP contribution in [-0.2, 0) is 30.0 Å². The largest absolute Gasteiger partial charge is 0.495 e. The van der Waals surface area contributed by atoms with Crippen LogP contribution in [0.25, 0.3) is 21.8 Å². The number of carbonyl (C=O) groups is 2. The fraction of sp³-hybridized carbons (Fsp3) is 0.156. The summed E-state index contributed by atoms with van der Waals surface area (Å²) in [5.74, 6) is 0.389. The van der Waals surface area contributed by atoms with E-state index in [0.29, 0.717) is 42.3 Å². The van der Waals surface area contributed by atoms with Crippen LogP contribution in [0.3, 0.4) is 0 Å². The molecule has 0 unspecified atom stereocenters. The maximum absolute atomic E-state index is 9.00. The predicted molar refractivity (Wildman–Crippen MR) is 272 cm³/mol. The van der Waals surface area contributed by atoms with Gasteiger partial charge in [-0.05, 0) is 120 Å². The quantitative estimate of drug-likeness (QED) is 0.0643. The third kappa shape index (κ3) is 23.1. The minimum atomic E-state index is -0.833. The summed E-state index contributed by atoms with van der Waals surface area (Å²) >= 11 is 37.3. The molecule has 0 spiro atoms. The van der Waals surface area contributed by atoms with Crippen molar-refractivity contribution in [2.24, 2.45) is 0 Å². The normalized spacial score (nSPS) is 9.21. The zero-order chi connectivity index (χ0) is 44.9. The van der Waals surface area contributed by atoms with Crippen molar-refractivity contribution < 1.29 is 54.4 Å². The number of aromatic nitrogens is 1. The van der Waals surface area contributed by atoms with Gasteiger partial charge in [-0.15, -0.1) is 0 Å². The van der Waals surface area contributed by atoms with E-state index in [0.717, 1.165) is 57.8 Å². The molecule has 0 aliphatic heterocycles. The summed E-state index contributed by atoms with van der Waals surface area (Å²) in [5, 5.41) is 24.3. The van der Waals surface area contributed by atoms with Gasteiger partial charge in [-0.25, -0.2) is 0 Å². The molecule has 6 N–H and O–H groups in total. The Morgan fingerprint density at radius 2 is 0.968 bits per heavy atom. The first-order valence-electron chi connectivity index (χ1n) is 17.1. The molecule has 0 fully saturated rings. The molecule has 0 saturated carbocycles. The van der Waals surface area contributed by atoms with Gasteiger partial charge in [-0.1, -0.05) is 84.5 Å². The number of halogens is 7. The standard InChI is InChI=1S/C13H9Cl2NO.C13H11Cl2NO.C7H8ClNO.C6H4ClI.2C2H4O2.2CH4.Pd/c1-17-12-6-8(15)5-10-9-4-7(14)2-3-11(9)16-13(10)12;1-17-13-8-10(15)4-7-12(13)16-11-5-2-9(14)3-6-11;1-10-7-4-5(8)2-3-6(7)9;7-5-1-3-6(8)4-2-5;2*1-2(3)4;;;/h2-6,16H,1H3;2-8,16H,1H3;2-4H,9H2,1H3;1-4H;2*1H3,(H,3,4);2*1H4;. The van der Waals surface area contributed by atoms with Crippen molar-refractivity contribution in [2.75, 3.05) is 32.4 Å². The number of aromatic amines is 1. The maximum Gasteiger partial charge on any atom is 0.300 e. The summed E-state index contributed by atoms with van der Waals surface area (Å²) in [6, 6.07) is 35.1. The average Bonchev–Trinajstić information content (AvgIpc) is 3.55. The molecule has 6 aromatic carbocycles. The van der Waals surface area contributed by atoms with Gasteiger partial charge in [-0.2, -0.15) is 0 Å². The second-order valence-electron chi connectivity index (χ2n) is 11.7. The minimum Gasteiger partial charge on any atom is -0.495 e. The van der Waals surface area contributed by atoms with Crippen LogP contribution in [0.1, 0.15) is 28.7 Å². The van der Waals surface area contributed by atoms with E-state index in [4.69, 9.17) is 109 Å². The number of carboxylic acid groups (broad SMARTS) is 2. The third-order valence-corrected chi connectivity index (χ3v) is 9.25. The van der Waals surface area contributed by atoms with Crippen molar-refractivity contribution in [1.29, 1.82) is 0 Å². The molecule has 10 nitrogen and oxygen atoms in total. The summed E-state index contributed by atoms with van der Waals surface area (Å²) in [6.07, 6.45) is 0. The van der Waals surface area contributed by atoms with Gasteiger partial charge in [-0.3, -0.25) is 9.59 Å². The molecule has 0 atom stereocenters. The minimum absolute atomic E-state index is 0. The molecule has 0 bridgehead atoms. The number of nitrogens with two attached hydrogens (primary N) is 1. The van der Waals surface area contributed by atoms with Crippen molar-refractivity contribution in [3.05, 3.63) is 149 Å². The molecule has 0 amide bonds. The molecule has 0 aliphatic rings. The second kappa shape index (κ2) is 31.9. The van der Waals surface area contributed by atoms with E-state index < -0.39 is 11.9 Å². The number of aliphatic carboxylic acids is 2. The fourth-order valence-corrected chi connectivity index (χ4v) is 5.95. The molecular formula is C45H48Cl6IN3O7Pd. The molecule has 0 saturated heterocycles. The molecule has 344 valence electrons. The molecule has 1 heterocycles. The summed E-state index contributed by atoms with van der Waals surface area (Å²) < 4.78 is 16.7. The number of benzene rings is 6. The van der Waals surface area contributed by atoms with Gasteiger partial charge in [0, 0.05) is 108 Å². The number of anilines is 3. The number of hydrogen-bond donors (Lipinski definition) is 5. The Bertz CT molecular complexity index is 2420.